The summed E-state index contributed by atoms with van der Waals surface area (Å²) in [5.41, 5.74) is 0. The summed E-state index contributed by atoms with van der Waals surface area (Å²) in [6, 6.07) is -0.530. The Kier molecular flexibility index (Phi) is 6.58. The number of methoxy groups -OCH3 is 1. The van der Waals surface area contributed by atoms with E-state index in [1.54, 1.807) is 4.90 Å². The number of likely N-dealkylation sites (tertiary alicyclic amines) is 1. The highest BCUT2D eigenvalue weighted by atomic mass is 16.5. The van der Waals surface area contributed by atoms with Crippen molar-refractivity contribution in [2.24, 2.45) is 0 Å². The number of aliphatic hydroxyl groups excluding tert-OH is 1. The molecule has 0 aromatic carbocycles. The maximum absolute atomic E-state index is 12.0. The second-order valence-electron chi connectivity index (χ2n) is 4.63. The van der Waals surface area contributed by atoms with E-state index in [0.717, 1.165) is 25.7 Å². The zero-order valence-corrected chi connectivity index (χ0v) is 11.2. The Morgan fingerprint density at radius 1 is 1.42 bits per heavy atom. The van der Waals surface area contributed by atoms with Crippen molar-refractivity contribution in [2.75, 3.05) is 26.8 Å². The predicted molar refractivity (Wildman–Crippen MR) is 67.9 cm³/mol. The molecule has 1 rings (SSSR count). The standard InChI is InChI=1S/C12H22N2O5/c1-19-10(11(16)17)7-13-12(18)14-6-4-2-3-5-9(14)8-15/h9-10,15H,2-8H2,1H3,(H,13,18)(H,16,17). The molecule has 0 bridgehead atoms. The number of aliphatic hydroxyl groups is 1. The molecule has 2 unspecified atom stereocenters. The molecular weight excluding hydrogens is 252 g/mol. The summed E-state index contributed by atoms with van der Waals surface area (Å²) in [6.45, 7) is 0.432. The Morgan fingerprint density at radius 3 is 2.74 bits per heavy atom. The fraction of sp³-hybridized carbons (Fsp3) is 0.833. The number of carboxylic acid groups (broad SMARTS) is 1. The van der Waals surface area contributed by atoms with Crippen LogP contribution in [0, 0.1) is 0 Å². The summed E-state index contributed by atoms with van der Waals surface area (Å²) in [5.74, 6) is -1.11. The van der Waals surface area contributed by atoms with Gasteiger partial charge in [0, 0.05) is 13.7 Å². The number of carboxylic acids is 1. The van der Waals surface area contributed by atoms with Gasteiger partial charge in [-0.3, -0.25) is 0 Å². The minimum Gasteiger partial charge on any atom is -0.479 e. The molecule has 1 heterocycles. The maximum atomic E-state index is 12.0. The smallest absolute Gasteiger partial charge is 0.334 e. The second kappa shape index (κ2) is 7.96. The van der Waals surface area contributed by atoms with Gasteiger partial charge in [0.1, 0.15) is 0 Å². The summed E-state index contributed by atoms with van der Waals surface area (Å²) < 4.78 is 4.75. The lowest BCUT2D eigenvalue weighted by Crippen LogP contribution is -2.50. The molecule has 0 aliphatic carbocycles. The van der Waals surface area contributed by atoms with Crippen molar-refractivity contribution in [3.05, 3.63) is 0 Å². The predicted octanol–water partition coefficient (Wildman–Crippen LogP) is 0.0325. The molecule has 7 heteroatoms. The molecule has 1 fully saturated rings. The first kappa shape index (κ1) is 15.7. The molecule has 2 amide bonds. The zero-order chi connectivity index (χ0) is 14.3. The van der Waals surface area contributed by atoms with E-state index in [2.05, 4.69) is 5.32 Å². The van der Waals surface area contributed by atoms with Crippen molar-refractivity contribution in [3.8, 4) is 0 Å². The first-order chi connectivity index (χ1) is 9.10. The van der Waals surface area contributed by atoms with Crippen LogP contribution in [0.25, 0.3) is 0 Å². The van der Waals surface area contributed by atoms with Gasteiger partial charge in [-0.1, -0.05) is 12.8 Å². The topological polar surface area (TPSA) is 99.1 Å². The van der Waals surface area contributed by atoms with Crippen LogP contribution in [0.1, 0.15) is 25.7 Å². The molecule has 0 aromatic rings. The Labute approximate surface area is 112 Å². The molecule has 1 saturated heterocycles. The largest absolute Gasteiger partial charge is 0.479 e. The number of ether oxygens (including phenoxy) is 1. The van der Waals surface area contributed by atoms with Gasteiger partial charge in [0.25, 0.3) is 0 Å². The van der Waals surface area contributed by atoms with Gasteiger partial charge >= 0.3 is 12.0 Å². The third-order valence-electron chi connectivity index (χ3n) is 3.35. The van der Waals surface area contributed by atoms with E-state index in [9.17, 15) is 14.7 Å². The van der Waals surface area contributed by atoms with Crippen LogP contribution in [0.3, 0.4) is 0 Å². The van der Waals surface area contributed by atoms with Crippen LogP contribution >= 0.6 is 0 Å². The van der Waals surface area contributed by atoms with Gasteiger partial charge in [0.05, 0.1) is 19.2 Å². The number of urea groups is 1. The third-order valence-corrected chi connectivity index (χ3v) is 3.35. The Morgan fingerprint density at radius 2 is 2.16 bits per heavy atom. The molecule has 2 atom stereocenters. The molecule has 1 aliphatic heterocycles. The number of hydrogen-bond acceptors (Lipinski definition) is 4. The number of carbonyl (C=O) groups is 2. The number of carbonyl (C=O) groups excluding carboxylic acids is 1. The van der Waals surface area contributed by atoms with Crippen molar-refractivity contribution in [1.82, 2.24) is 10.2 Å². The van der Waals surface area contributed by atoms with Gasteiger partial charge in [0.15, 0.2) is 6.10 Å². The van der Waals surface area contributed by atoms with E-state index in [1.807, 2.05) is 0 Å². The minimum absolute atomic E-state index is 0.0694. The highest BCUT2D eigenvalue weighted by Gasteiger charge is 2.26. The summed E-state index contributed by atoms with van der Waals surface area (Å²) >= 11 is 0. The molecule has 0 aromatic heterocycles. The number of nitrogens with zero attached hydrogens (tertiary/aromatic N) is 1. The summed E-state index contributed by atoms with van der Waals surface area (Å²) in [5, 5.41) is 20.7. The molecule has 110 valence electrons. The molecule has 0 saturated carbocycles. The van der Waals surface area contributed by atoms with Crippen LogP contribution in [0.15, 0.2) is 0 Å². The number of nitrogens with one attached hydrogen (secondary N) is 1. The average molecular weight is 274 g/mol. The molecule has 0 radical (unpaired) electrons. The number of amides is 2. The Bertz CT molecular complexity index is 310. The summed E-state index contributed by atoms with van der Waals surface area (Å²) in [7, 11) is 1.29. The quantitative estimate of drug-likeness (QED) is 0.657. The lowest BCUT2D eigenvalue weighted by atomic mass is 10.1. The van der Waals surface area contributed by atoms with E-state index in [0.29, 0.717) is 6.54 Å². The van der Waals surface area contributed by atoms with E-state index in [-0.39, 0.29) is 25.2 Å². The summed E-state index contributed by atoms with van der Waals surface area (Å²) in [6.07, 6.45) is 2.65. The van der Waals surface area contributed by atoms with Crippen LogP contribution < -0.4 is 5.32 Å². The zero-order valence-electron chi connectivity index (χ0n) is 11.2. The molecule has 7 nitrogen and oxygen atoms in total. The van der Waals surface area contributed by atoms with Gasteiger partial charge in [-0.2, -0.15) is 0 Å². The number of hydrogen-bond donors (Lipinski definition) is 3. The van der Waals surface area contributed by atoms with Crippen molar-refractivity contribution in [2.45, 2.75) is 37.8 Å². The van der Waals surface area contributed by atoms with Crippen molar-refractivity contribution in [3.63, 3.8) is 0 Å². The Hall–Kier alpha value is -1.34. The summed E-state index contributed by atoms with van der Waals surface area (Å²) in [4.78, 5) is 24.4. The molecule has 19 heavy (non-hydrogen) atoms. The molecule has 1 aliphatic rings. The molecule has 3 N–H and O–H groups in total. The highest BCUT2D eigenvalue weighted by Crippen LogP contribution is 2.16. The first-order valence-corrected chi connectivity index (χ1v) is 6.51. The molecule has 0 spiro atoms. The van der Waals surface area contributed by atoms with Crippen molar-refractivity contribution < 1.29 is 24.5 Å². The number of aliphatic carboxylic acids is 1. The van der Waals surface area contributed by atoms with Crippen molar-refractivity contribution >= 4 is 12.0 Å². The Balaban J connectivity index is 2.52. The SMILES string of the molecule is COC(CNC(=O)N1CCCCCC1CO)C(=O)O. The van der Waals surface area contributed by atoms with E-state index >= 15 is 0 Å². The maximum Gasteiger partial charge on any atom is 0.334 e. The van der Waals surface area contributed by atoms with Gasteiger partial charge in [-0.25, -0.2) is 9.59 Å². The minimum atomic E-state index is -1.11. The first-order valence-electron chi connectivity index (χ1n) is 6.51. The van der Waals surface area contributed by atoms with Crippen LogP contribution in [-0.4, -0.2) is 66.1 Å². The van der Waals surface area contributed by atoms with Gasteiger partial charge in [0.2, 0.25) is 0 Å². The van der Waals surface area contributed by atoms with Crippen LogP contribution in [0.4, 0.5) is 4.79 Å². The third kappa shape index (κ3) is 4.68. The lowest BCUT2D eigenvalue weighted by molar-refractivity contribution is -0.148. The fourth-order valence-electron chi connectivity index (χ4n) is 2.19. The van der Waals surface area contributed by atoms with Gasteiger partial charge < -0.3 is 25.2 Å². The van der Waals surface area contributed by atoms with Crippen LogP contribution in [0.5, 0.6) is 0 Å². The second-order valence-corrected chi connectivity index (χ2v) is 4.63. The van der Waals surface area contributed by atoms with E-state index in [1.165, 1.54) is 7.11 Å². The van der Waals surface area contributed by atoms with E-state index < -0.39 is 12.1 Å². The fourth-order valence-corrected chi connectivity index (χ4v) is 2.19. The number of rotatable bonds is 5. The lowest BCUT2D eigenvalue weighted by Gasteiger charge is -2.29. The highest BCUT2D eigenvalue weighted by molar-refractivity contribution is 5.77. The average Bonchev–Trinajstić information content (AvgIpc) is 2.63. The van der Waals surface area contributed by atoms with Gasteiger partial charge in [-0.05, 0) is 12.8 Å². The van der Waals surface area contributed by atoms with Gasteiger partial charge in [-0.15, -0.1) is 0 Å². The normalized spacial score (nSPS) is 21.6. The van der Waals surface area contributed by atoms with Crippen LogP contribution in [0.2, 0.25) is 0 Å². The van der Waals surface area contributed by atoms with Crippen molar-refractivity contribution in [1.29, 1.82) is 0 Å². The van der Waals surface area contributed by atoms with E-state index in [4.69, 9.17) is 9.84 Å². The molecular formula is C12H22N2O5. The monoisotopic (exact) mass is 274 g/mol. The van der Waals surface area contributed by atoms with Crippen LogP contribution in [-0.2, 0) is 9.53 Å².